The molecule has 0 bridgehead atoms. The Morgan fingerprint density at radius 3 is 1.88 bits per heavy atom. The lowest BCUT2D eigenvalue weighted by Gasteiger charge is -2.37. The quantitative estimate of drug-likeness (QED) is 0.378. The molecule has 0 atom stereocenters. The summed E-state index contributed by atoms with van der Waals surface area (Å²) < 4.78 is 0. The Balaban J connectivity index is 1.85. The van der Waals surface area contributed by atoms with Crippen LogP contribution in [0, 0.1) is 11.8 Å². The summed E-state index contributed by atoms with van der Waals surface area (Å²) in [6, 6.07) is 23.7. The molecule has 126 valence electrons. The highest BCUT2D eigenvalue weighted by Crippen LogP contribution is 2.35. The monoisotopic (exact) mass is 342 g/mol. The predicted octanol–water partition coefficient (Wildman–Crippen LogP) is 5.96. The molecule has 3 rings (SSSR count). The smallest absolute Gasteiger partial charge is 0.0651 e. The first-order valence-corrected chi connectivity index (χ1v) is 11.9. The first kappa shape index (κ1) is 17.5. The minimum atomic E-state index is -1.47. The van der Waals surface area contributed by atoms with Crippen molar-refractivity contribution in [1.82, 2.24) is 0 Å². The molecule has 0 aromatic heterocycles. The van der Waals surface area contributed by atoms with E-state index in [-0.39, 0.29) is 0 Å². The van der Waals surface area contributed by atoms with E-state index in [2.05, 4.69) is 112 Å². The lowest BCUT2D eigenvalue weighted by Crippen LogP contribution is -2.49. The van der Waals surface area contributed by atoms with Crippen LogP contribution in [0.25, 0.3) is 10.8 Å². The lowest BCUT2D eigenvalue weighted by atomic mass is 10.1. The molecular weight excluding hydrogens is 316 g/mol. The molecule has 0 spiro atoms. The largest absolute Gasteiger partial charge is 0.0859 e. The van der Waals surface area contributed by atoms with Crippen LogP contribution >= 0.6 is 0 Å². The Bertz CT molecular complexity index is 945. The topological polar surface area (TPSA) is 0 Å². The summed E-state index contributed by atoms with van der Waals surface area (Å²) >= 11 is 0. The Hall–Kier alpha value is -2.30. The van der Waals surface area contributed by atoms with Crippen molar-refractivity contribution < 1.29 is 0 Å². The van der Waals surface area contributed by atoms with Crippen LogP contribution in [-0.2, 0) is 0 Å². The second kappa shape index (κ2) is 6.54. The van der Waals surface area contributed by atoms with Gasteiger partial charge in [-0.15, -0.1) is 0 Å². The van der Waals surface area contributed by atoms with E-state index in [9.17, 15) is 0 Å². The molecule has 1 heteroatoms. The molecule has 0 saturated carbocycles. The van der Waals surface area contributed by atoms with Gasteiger partial charge in [0, 0.05) is 11.1 Å². The highest BCUT2D eigenvalue weighted by atomic mass is 28.3. The normalized spacial score (nSPS) is 11.9. The Morgan fingerprint density at radius 2 is 1.24 bits per heavy atom. The maximum absolute atomic E-state index is 3.31. The molecule has 0 fully saturated rings. The molecule has 0 radical (unpaired) electrons. The van der Waals surface area contributed by atoms with E-state index in [4.69, 9.17) is 0 Å². The number of rotatable bonds is 1. The Kier molecular flexibility index (Phi) is 4.58. The summed E-state index contributed by atoms with van der Waals surface area (Å²) in [5.74, 6) is 6.61. The van der Waals surface area contributed by atoms with E-state index in [1.165, 1.54) is 16.0 Å². The number of hydrogen-bond donors (Lipinski definition) is 0. The fraction of sp³-hybridized carbons (Fsp3) is 0.250. The molecule has 0 nitrogen and oxygen atoms in total. The molecule has 0 amide bonds. The maximum atomic E-state index is 3.31. The summed E-state index contributed by atoms with van der Waals surface area (Å²) in [4.78, 5) is 0. The van der Waals surface area contributed by atoms with E-state index in [0.29, 0.717) is 5.04 Å². The fourth-order valence-electron chi connectivity index (χ4n) is 2.81. The first-order chi connectivity index (χ1) is 11.8. The summed E-state index contributed by atoms with van der Waals surface area (Å²) in [5.41, 5.74) is 2.14. The Morgan fingerprint density at radius 1 is 0.680 bits per heavy atom. The van der Waals surface area contributed by atoms with Crippen LogP contribution in [-0.4, -0.2) is 8.07 Å². The summed E-state index contributed by atoms with van der Waals surface area (Å²) in [6.45, 7) is 12.0. The summed E-state index contributed by atoms with van der Waals surface area (Å²) in [6.07, 6.45) is 0. The zero-order chi connectivity index (χ0) is 18.1. The van der Waals surface area contributed by atoms with Crippen molar-refractivity contribution in [2.24, 2.45) is 0 Å². The molecule has 3 aromatic rings. The minimum absolute atomic E-state index is 0.352. The average molecular weight is 343 g/mol. The van der Waals surface area contributed by atoms with E-state index in [1.54, 1.807) is 0 Å². The molecule has 0 aliphatic carbocycles. The predicted molar refractivity (Wildman–Crippen MR) is 113 cm³/mol. The second-order valence-corrected chi connectivity index (χ2v) is 13.6. The van der Waals surface area contributed by atoms with Crippen LogP contribution in [0.4, 0.5) is 0 Å². The van der Waals surface area contributed by atoms with Gasteiger partial charge in [0.1, 0.15) is 0 Å². The number of fused-ring (bicyclic) bond motifs is 1. The van der Waals surface area contributed by atoms with Gasteiger partial charge in [0.15, 0.2) is 0 Å². The molecular formula is C24H26Si. The maximum Gasteiger partial charge on any atom is 0.0859 e. The van der Waals surface area contributed by atoms with Gasteiger partial charge in [0.05, 0.1) is 8.07 Å². The van der Waals surface area contributed by atoms with Gasteiger partial charge >= 0.3 is 0 Å². The molecule has 0 aliphatic rings. The van der Waals surface area contributed by atoms with E-state index in [0.717, 1.165) is 11.1 Å². The molecule has 0 saturated heterocycles. The van der Waals surface area contributed by atoms with Gasteiger partial charge in [-0.25, -0.2) is 0 Å². The summed E-state index contributed by atoms with van der Waals surface area (Å²) in [7, 11) is -1.47. The Labute approximate surface area is 152 Å². The van der Waals surface area contributed by atoms with Crippen molar-refractivity contribution in [2.45, 2.75) is 38.9 Å². The van der Waals surface area contributed by atoms with Crippen LogP contribution in [0.1, 0.15) is 31.9 Å². The van der Waals surface area contributed by atoms with Crippen molar-refractivity contribution in [3.05, 3.63) is 77.9 Å². The molecule has 0 unspecified atom stereocenters. The first-order valence-electron chi connectivity index (χ1n) is 8.89. The third kappa shape index (κ3) is 3.70. The minimum Gasteiger partial charge on any atom is -0.0651 e. The lowest BCUT2D eigenvalue weighted by molar-refractivity contribution is 0.729. The van der Waals surface area contributed by atoms with Crippen LogP contribution < -0.4 is 5.19 Å². The third-order valence-electron chi connectivity index (χ3n) is 5.58. The van der Waals surface area contributed by atoms with Crippen molar-refractivity contribution >= 4 is 24.0 Å². The van der Waals surface area contributed by atoms with Crippen LogP contribution in [0.15, 0.2) is 66.7 Å². The van der Waals surface area contributed by atoms with Crippen LogP contribution in [0.2, 0.25) is 18.1 Å². The van der Waals surface area contributed by atoms with E-state index in [1.807, 2.05) is 0 Å². The van der Waals surface area contributed by atoms with Crippen molar-refractivity contribution in [2.75, 3.05) is 0 Å². The molecule has 3 aromatic carbocycles. The van der Waals surface area contributed by atoms with Crippen molar-refractivity contribution in [3.63, 3.8) is 0 Å². The van der Waals surface area contributed by atoms with Crippen molar-refractivity contribution in [3.8, 4) is 11.8 Å². The standard InChI is InChI=1S/C24H26Si/c1-24(2,3)25(4,5)23-16-13-19(14-17-23)10-11-20-12-15-21-8-6-7-9-22(21)18-20/h6-9,12-18H,1-5H3. The average Bonchev–Trinajstić information content (AvgIpc) is 2.59. The van der Waals surface area contributed by atoms with E-state index < -0.39 is 8.07 Å². The number of hydrogen-bond acceptors (Lipinski definition) is 0. The third-order valence-corrected chi connectivity index (χ3v) is 11.1. The number of benzene rings is 3. The second-order valence-electron chi connectivity index (χ2n) is 8.26. The zero-order valence-electron chi connectivity index (χ0n) is 15.9. The van der Waals surface area contributed by atoms with Gasteiger partial charge in [-0.1, -0.05) is 93.4 Å². The fourth-order valence-corrected chi connectivity index (χ4v) is 4.68. The van der Waals surface area contributed by atoms with Crippen molar-refractivity contribution in [1.29, 1.82) is 0 Å². The van der Waals surface area contributed by atoms with Crippen LogP contribution in [0.5, 0.6) is 0 Å². The van der Waals surface area contributed by atoms with Gasteiger partial charge in [-0.2, -0.15) is 0 Å². The van der Waals surface area contributed by atoms with Gasteiger partial charge in [0.2, 0.25) is 0 Å². The SMILES string of the molecule is CC(C)(C)[Si](C)(C)c1ccc(C#Cc2ccc3ccccc3c2)cc1. The molecule has 0 aliphatic heterocycles. The van der Waals surface area contributed by atoms with Gasteiger partial charge in [-0.05, 0) is 40.1 Å². The van der Waals surface area contributed by atoms with Gasteiger partial charge in [0.25, 0.3) is 0 Å². The highest BCUT2D eigenvalue weighted by molar-refractivity contribution is 6.92. The molecule has 25 heavy (non-hydrogen) atoms. The van der Waals surface area contributed by atoms with E-state index >= 15 is 0 Å². The van der Waals surface area contributed by atoms with Crippen LogP contribution in [0.3, 0.4) is 0 Å². The summed E-state index contributed by atoms with van der Waals surface area (Å²) in [5, 5.41) is 4.34. The van der Waals surface area contributed by atoms with Gasteiger partial charge in [-0.3, -0.25) is 0 Å². The molecule has 0 N–H and O–H groups in total. The van der Waals surface area contributed by atoms with Gasteiger partial charge < -0.3 is 0 Å². The molecule has 0 heterocycles. The zero-order valence-corrected chi connectivity index (χ0v) is 16.9. The highest BCUT2D eigenvalue weighted by Gasteiger charge is 2.36.